The third-order valence-corrected chi connectivity index (χ3v) is 4.01. The van der Waals surface area contributed by atoms with Gasteiger partial charge in [0.25, 0.3) is 11.8 Å². The van der Waals surface area contributed by atoms with Crippen molar-refractivity contribution >= 4 is 17.5 Å². The van der Waals surface area contributed by atoms with Crippen LogP contribution in [0.4, 0.5) is 5.69 Å². The van der Waals surface area contributed by atoms with Gasteiger partial charge in [-0.25, -0.2) is 0 Å². The van der Waals surface area contributed by atoms with Gasteiger partial charge in [-0.3, -0.25) is 14.3 Å². The number of amides is 2. The van der Waals surface area contributed by atoms with Gasteiger partial charge in [0.1, 0.15) is 5.69 Å². The van der Waals surface area contributed by atoms with E-state index in [4.69, 9.17) is 19.9 Å². The first-order valence-corrected chi connectivity index (χ1v) is 8.34. The maximum Gasteiger partial charge on any atom is 0.269 e. The molecule has 0 radical (unpaired) electrons. The zero-order valence-corrected chi connectivity index (χ0v) is 16.1. The number of hydrogen-bond acceptors (Lipinski definition) is 6. The highest BCUT2D eigenvalue weighted by Crippen LogP contribution is 2.38. The Labute approximate surface area is 157 Å². The van der Waals surface area contributed by atoms with Crippen molar-refractivity contribution in [2.75, 3.05) is 26.6 Å². The zero-order chi connectivity index (χ0) is 20.1. The number of nitrogens with zero attached hydrogens (tertiary/aromatic N) is 2. The van der Waals surface area contributed by atoms with Crippen molar-refractivity contribution in [3.05, 3.63) is 29.1 Å². The van der Waals surface area contributed by atoms with Crippen LogP contribution in [-0.2, 0) is 13.5 Å². The Balaban J connectivity index is 2.47. The number of carbonyl (C=O) groups is 2. The average molecular weight is 376 g/mol. The van der Waals surface area contributed by atoms with Gasteiger partial charge in [-0.05, 0) is 18.6 Å². The molecule has 0 fully saturated rings. The number of methoxy groups -OCH3 is 3. The third-order valence-electron chi connectivity index (χ3n) is 4.01. The van der Waals surface area contributed by atoms with Crippen molar-refractivity contribution in [3.8, 4) is 17.2 Å². The van der Waals surface area contributed by atoms with E-state index in [1.54, 1.807) is 7.05 Å². The molecule has 0 unspecified atom stereocenters. The molecule has 2 rings (SSSR count). The summed E-state index contributed by atoms with van der Waals surface area (Å²) in [7, 11) is 6.01. The predicted molar refractivity (Wildman–Crippen MR) is 99.8 cm³/mol. The molecule has 1 aromatic heterocycles. The molecule has 3 N–H and O–H groups in total. The number of nitrogens with one attached hydrogen (secondary N) is 1. The van der Waals surface area contributed by atoms with E-state index in [2.05, 4.69) is 10.4 Å². The Hall–Kier alpha value is -3.23. The topological polar surface area (TPSA) is 118 Å². The molecule has 9 heteroatoms. The maximum absolute atomic E-state index is 12.8. The lowest BCUT2D eigenvalue weighted by molar-refractivity contribution is 0.0992. The van der Waals surface area contributed by atoms with E-state index in [9.17, 15) is 9.59 Å². The number of aryl methyl sites for hydroxylation is 2. The lowest BCUT2D eigenvalue weighted by Crippen LogP contribution is -2.20. The number of carbonyl (C=O) groups excluding carboxylic acids is 2. The summed E-state index contributed by atoms with van der Waals surface area (Å²) < 4.78 is 17.2. The van der Waals surface area contributed by atoms with Gasteiger partial charge in [-0.1, -0.05) is 13.3 Å². The second kappa shape index (κ2) is 8.43. The molecule has 0 bridgehead atoms. The van der Waals surface area contributed by atoms with E-state index < -0.39 is 11.8 Å². The van der Waals surface area contributed by atoms with E-state index in [0.29, 0.717) is 35.1 Å². The summed E-state index contributed by atoms with van der Waals surface area (Å²) in [6.07, 6.45) is 1.38. The quantitative estimate of drug-likeness (QED) is 0.725. The fourth-order valence-corrected chi connectivity index (χ4v) is 2.80. The fourth-order valence-electron chi connectivity index (χ4n) is 2.80. The lowest BCUT2D eigenvalue weighted by atomic mass is 10.1. The number of ether oxygens (including phenoxy) is 3. The van der Waals surface area contributed by atoms with E-state index in [-0.39, 0.29) is 11.3 Å². The molecule has 9 nitrogen and oxygen atoms in total. The fraction of sp³-hybridized carbons (Fsp3) is 0.389. The molecule has 0 aliphatic rings. The van der Waals surface area contributed by atoms with Gasteiger partial charge in [0.15, 0.2) is 11.5 Å². The van der Waals surface area contributed by atoms with E-state index >= 15 is 0 Å². The first kappa shape index (κ1) is 20.1. The summed E-state index contributed by atoms with van der Waals surface area (Å²) in [6.45, 7) is 1.98. The minimum absolute atomic E-state index is 0.138. The van der Waals surface area contributed by atoms with Crippen LogP contribution < -0.4 is 25.3 Å². The van der Waals surface area contributed by atoms with Crippen LogP contribution in [0.25, 0.3) is 0 Å². The number of aromatic nitrogens is 2. The highest BCUT2D eigenvalue weighted by atomic mass is 16.5. The molecule has 1 aromatic carbocycles. The molecule has 1 heterocycles. The molecule has 0 aliphatic carbocycles. The Bertz CT molecular complexity index is 835. The molecule has 0 saturated heterocycles. The first-order valence-electron chi connectivity index (χ1n) is 8.34. The van der Waals surface area contributed by atoms with Gasteiger partial charge >= 0.3 is 0 Å². The van der Waals surface area contributed by atoms with Gasteiger partial charge < -0.3 is 25.3 Å². The maximum atomic E-state index is 12.8. The van der Waals surface area contributed by atoms with Crippen LogP contribution in [0, 0.1) is 0 Å². The molecule has 146 valence electrons. The molecular weight excluding hydrogens is 352 g/mol. The van der Waals surface area contributed by atoms with Gasteiger partial charge in [0.05, 0.1) is 32.7 Å². The highest BCUT2D eigenvalue weighted by molar-refractivity contribution is 6.09. The van der Waals surface area contributed by atoms with Crippen molar-refractivity contribution in [2.45, 2.75) is 19.8 Å². The second-order valence-corrected chi connectivity index (χ2v) is 5.78. The lowest BCUT2D eigenvalue weighted by Gasteiger charge is -2.14. The van der Waals surface area contributed by atoms with Crippen LogP contribution in [0.15, 0.2) is 12.1 Å². The number of rotatable bonds is 8. The van der Waals surface area contributed by atoms with Crippen LogP contribution in [0.3, 0.4) is 0 Å². The Morgan fingerprint density at radius 1 is 1.15 bits per heavy atom. The highest BCUT2D eigenvalue weighted by Gasteiger charge is 2.23. The van der Waals surface area contributed by atoms with E-state index in [1.807, 2.05) is 6.92 Å². The Morgan fingerprint density at radius 3 is 2.19 bits per heavy atom. The van der Waals surface area contributed by atoms with Crippen molar-refractivity contribution in [1.82, 2.24) is 9.78 Å². The van der Waals surface area contributed by atoms with E-state index in [0.717, 1.165) is 6.42 Å². The third kappa shape index (κ3) is 3.97. The van der Waals surface area contributed by atoms with Crippen LogP contribution in [-0.4, -0.2) is 42.9 Å². The SMILES string of the molecule is CCCc1nn(C)c(C(N)=O)c1NC(=O)c1cc(OC)c(OC)c(OC)c1. The first-order chi connectivity index (χ1) is 12.9. The normalized spacial score (nSPS) is 10.4. The molecule has 0 saturated carbocycles. The average Bonchev–Trinajstić information content (AvgIpc) is 2.95. The van der Waals surface area contributed by atoms with Gasteiger partial charge in [-0.2, -0.15) is 5.10 Å². The summed E-state index contributed by atoms with van der Waals surface area (Å²) in [5, 5.41) is 7.04. The summed E-state index contributed by atoms with van der Waals surface area (Å²) in [6, 6.07) is 3.05. The van der Waals surface area contributed by atoms with Crippen molar-refractivity contribution in [3.63, 3.8) is 0 Å². The standard InChI is InChI=1S/C18H24N4O5/c1-6-7-11-14(15(17(19)23)22(2)21-11)20-18(24)10-8-12(25-3)16(27-5)13(9-10)26-4/h8-9H,6-7H2,1-5H3,(H2,19,23)(H,20,24). The monoisotopic (exact) mass is 376 g/mol. The number of hydrogen-bond donors (Lipinski definition) is 2. The van der Waals surface area contributed by atoms with Crippen LogP contribution in [0.1, 0.15) is 39.9 Å². The van der Waals surface area contributed by atoms with E-state index in [1.165, 1.54) is 38.1 Å². The molecule has 2 amide bonds. The number of primary amides is 1. The molecule has 27 heavy (non-hydrogen) atoms. The van der Waals surface area contributed by atoms with Gasteiger partial charge in [0.2, 0.25) is 5.75 Å². The van der Waals surface area contributed by atoms with Gasteiger partial charge in [-0.15, -0.1) is 0 Å². The minimum Gasteiger partial charge on any atom is -0.493 e. The number of nitrogens with two attached hydrogens (primary N) is 1. The van der Waals surface area contributed by atoms with Crippen molar-refractivity contribution in [1.29, 1.82) is 0 Å². The van der Waals surface area contributed by atoms with Gasteiger partial charge in [0, 0.05) is 12.6 Å². The molecular formula is C18H24N4O5. The molecule has 2 aromatic rings. The summed E-state index contributed by atoms with van der Waals surface area (Å²) in [5.41, 5.74) is 6.77. The molecule has 0 aliphatic heterocycles. The second-order valence-electron chi connectivity index (χ2n) is 5.78. The number of benzene rings is 1. The largest absolute Gasteiger partial charge is 0.493 e. The Morgan fingerprint density at radius 2 is 1.74 bits per heavy atom. The summed E-state index contributed by atoms with van der Waals surface area (Å²) in [5.74, 6) is -0.0636. The summed E-state index contributed by atoms with van der Waals surface area (Å²) in [4.78, 5) is 24.7. The van der Waals surface area contributed by atoms with Crippen LogP contribution >= 0.6 is 0 Å². The van der Waals surface area contributed by atoms with Crippen LogP contribution in [0.5, 0.6) is 17.2 Å². The minimum atomic E-state index is -0.674. The molecule has 0 spiro atoms. The molecule has 0 atom stereocenters. The van der Waals surface area contributed by atoms with Crippen LogP contribution in [0.2, 0.25) is 0 Å². The number of anilines is 1. The predicted octanol–water partition coefficient (Wildman–Crippen LogP) is 1.75. The van der Waals surface area contributed by atoms with Crippen molar-refractivity contribution in [2.24, 2.45) is 12.8 Å². The van der Waals surface area contributed by atoms with Crippen molar-refractivity contribution < 1.29 is 23.8 Å². The Kier molecular flexibility index (Phi) is 6.27. The summed E-state index contributed by atoms with van der Waals surface area (Å²) >= 11 is 0. The zero-order valence-electron chi connectivity index (χ0n) is 16.1. The smallest absolute Gasteiger partial charge is 0.269 e.